The van der Waals surface area contributed by atoms with E-state index in [4.69, 9.17) is 4.74 Å². The molecule has 5 rings (SSSR count). The third-order valence-electron chi connectivity index (χ3n) is 7.80. The summed E-state index contributed by atoms with van der Waals surface area (Å²) in [5.41, 5.74) is 5.80. The zero-order chi connectivity index (χ0) is 28.3. The molecule has 0 spiro atoms. The van der Waals surface area contributed by atoms with Gasteiger partial charge in [-0.3, -0.25) is 9.59 Å². The molecule has 0 radical (unpaired) electrons. The first-order valence-corrected chi connectivity index (χ1v) is 15.1. The summed E-state index contributed by atoms with van der Waals surface area (Å²) >= 11 is 0. The van der Waals surface area contributed by atoms with Crippen molar-refractivity contribution < 1.29 is 22.7 Å². The Balaban J connectivity index is 1.29. The lowest BCUT2D eigenvalue weighted by Crippen LogP contribution is -2.31. The molecule has 0 aromatic heterocycles. The van der Waals surface area contributed by atoms with Crippen LogP contribution in [0.2, 0.25) is 0 Å². The van der Waals surface area contributed by atoms with Crippen molar-refractivity contribution in [3.8, 4) is 5.75 Å². The largest absolute Gasteiger partial charge is 0.496 e. The molecule has 1 saturated carbocycles. The zero-order valence-corrected chi connectivity index (χ0v) is 23.6. The van der Waals surface area contributed by atoms with E-state index in [1.165, 1.54) is 31.6 Å². The van der Waals surface area contributed by atoms with E-state index in [0.29, 0.717) is 30.1 Å². The molecule has 0 aliphatic heterocycles. The van der Waals surface area contributed by atoms with Crippen LogP contribution in [-0.4, -0.2) is 27.3 Å². The number of ether oxygens (including phenoxy) is 1. The van der Waals surface area contributed by atoms with Crippen LogP contribution in [0.3, 0.4) is 0 Å². The number of benzene rings is 3. The standard InChI is InChI=1S/C32H34N2O5S/c1-21-7-3-6-10-30(21)40(37,38)34-32(36)26-14-13-25(29(19-26)39-2)18-24-12-11-23-15-16-27(20-28(23)24)33-31(35)17-22-8-4-5-9-22/h3,6-7,10,12-16,19-20,22H,4-5,8-9,11,17-18H2,1-2H3,(H,33,35)(H,34,36). The Hall–Kier alpha value is -3.91. The van der Waals surface area contributed by atoms with E-state index in [2.05, 4.69) is 22.2 Å². The maximum Gasteiger partial charge on any atom is 0.265 e. The van der Waals surface area contributed by atoms with Gasteiger partial charge in [-0.15, -0.1) is 0 Å². The molecular weight excluding hydrogens is 524 g/mol. The van der Waals surface area contributed by atoms with Crippen molar-refractivity contribution in [1.82, 2.24) is 4.72 Å². The Labute approximate surface area is 235 Å². The number of nitrogens with one attached hydrogen (secondary N) is 2. The number of aryl methyl sites for hydroxylation is 1. The summed E-state index contributed by atoms with van der Waals surface area (Å²) in [5.74, 6) is 0.327. The van der Waals surface area contributed by atoms with E-state index in [9.17, 15) is 18.0 Å². The second-order valence-corrected chi connectivity index (χ2v) is 12.3. The highest BCUT2D eigenvalue weighted by molar-refractivity contribution is 7.90. The van der Waals surface area contributed by atoms with Crippen LogP contribution in [0.1, 0.15) is 64.7 Å². The Bertz CT molecular complexity index is 1590. The molecule has 1 fully saturated rings. The van der Waals surface area contributed by atoms with Crippen LogP contribution in [0.5, 0.6) is 5.75 Å². The monoisotopic (exact) mass is 558 g/mol. The highest BCUT2D eigenvalue weighted by Crippen LogP contribution is 2.35. The molecule has 0 atom stereocenters. The smallest absolute Gasteiger partial charge is 0.265 e. The lowest BCUT2D eigenvalue weighted by atomic mass is 9.97. The average Bonchev–Trinajstić information content (AvgIpc) is 3.58. The minimum atomic E-state index is -4.02. The molecule has 2 aliphatic rings. The van der Waals surface area contributed by atoms with E-state index in [1.54, 1.807) is 43.3 Å². The third-order valence-corrected chi connectivity index (χ3v) is 9.29. The first-order chi connectivity index (χ1) is 19.2. The zero-order valence-electron chi connectivity index (χ0n) is 22.8. The Morgan fingerprint density at radius 3 is 2.52 bits per heavy atom. The molecule has 8 heteroatoms. The van der Waals surface area contributed by atoms with Crippen molar-refractivity contribution in [2.75, 3.05) is 12.4 Å². The number of sulfonamides is 1. The fraction of sp³-hybridized carbons (Fsp3) is 0.312. The third kappa shape index (κ3) is 6.12. The van der Waals surface area contributed by atoms with Gasteiger partial charge in [0.25, 0.3) is 15.9 Å². The van der Waals surface area contributed by atoms with Gasteiger partial charge in [-0.2, -0.15) is 0 Å². The summed E-state index contributed by atoms with van der Waals surface area (Å²) in [4.78, 5) is 25.5. The predicted octanol–water partition coefficient (Wildman–Crippen LogP) is 5.82. The fourth-order valence-electron chi connectivity index (χ4n) is 5.66. The number of anilines is 1. The maximum atomic E-state index is 12.9. The van der Waals surface area contributed by atoms with Gasteiger partial charge in [-0.25, -0.2) is 13.1 Å². The Morgan fingerprint density at radius 2 is 1.77 bits per heavy atom. The van der Waals surface area contributed by atoms with Crippen LogP contribution >= 0.6 is 0 Å². The van der Waals surface area contributed by atoms with Crippen molar-refractivity contribution >= 4 is 33.1 Å². The molecular formula is C32H34N2O5S. The molecule has 0 bridgehead atoms. The quantitative estimate of drug-likeness (QED) is 0.344. The average molecular weight is 559 g/mol. The number of allylic oxidation sites excluding steroid dienone is 2. The number of methoxy groups -OCH3 is 1. The first kappa shape index (κ1) is 27.6. The van der Waals surface area contributed by atoms with Gasteiger partial charge in [0.2, 0.25) is 5.91 Å². The van der Waals surface area contributed by atoms with Gasteiger partial charge in [0, 0.05) is 24.1 Å². The molecule has 3 aromatic rings. The number of hydrogen-bond donors (Lipinski definition) is 2. The minimum absolute atomic E-state index is 0.0628. The van der Waals surface area contributed by atoms with E-state index in [1.807, 2.05) is 12.1 Å². The van der Waals surface area contributed by atoms with Gasteiger partial charge in [-0.1, -0.05) is 49.2 Å². The van der Waals surface area contributed by atoms with Gasteiger partial charge >= 0.3 is 0 Å². The van der Waals surface area contributed by atoms with Gasteiger partial charge in [0.1, 0.15) is 5.75 Å². The molecule has 0 unspecified atom stereocenters. The highest BCUT2D eigenvalue weighted by Gasteiger charge is 2.23. The molecule has 208 valence electrons. The van der Waals surface area contributed by atoms with E-state index < -0.39 is 15.9 Å². The molecule has 0 heterocycles. The van der Waals surface area contributed by atoms with E-state index in [0.717, 1.165) is 41.6 Å². The molecule has 3 aromatic carbocycles. The predicted molar refractivity (Wildman–Crippen MR) is 156 cm³/mol. The number of fused-ring (bicyclic) bond motifs is 1. The number of hydrogen-bond acceptors (Lipinski definition) is 5. The normalized spacial score (nSPS) is 14.9. The van der Waals surface area contributed by atoms with Crippen molar-refractivity contribution in [3.05, 3.63) is 94.6 Å². The highest BCUT2D eigenvalue weighted by atomic mass is 32.2. The summed E-state index contributed by atoms with van der Waals surface area (Å²) in [7, 11) is -2.49. The van der Waals surface area contributed by atoms with Crippen LogP contribution in [0.25, 0.3) is 5.57 Å². The number of amides is 2. The topological polar surface area (TPSA) is 102 Å². The lowest BCUT2D eigenvalue weighted by Gasteiger charge is -2.14. The van der Waals surface area contributed by atoms with Crippen LogP contribution < -0.4 is 14.8 Å². The summed E-state index contributed by atoms with van der Waals surface area (Å²) in [6.07, 6.45) is 8.82. The van der Waals surface area contributed by atoms with Crippen LogP contribution in [0.4, 0.5) is 5.69 Å². The molecule has 2 aliphatic carbocycles. The van der Waals surface area contributed by atoms with Gasteiger partial charge < -0.3 is 10.1 Å². The summed E-state index contributed by atoms with van der Waals surface area (Å²) in [6, 6.07) is 17.5. The number of carbonyl (C=O) groups excluding carboxylic acids is 2. The summed E-state index contributed by atoms with van der Waals surface area (Å²) in [6.45, 7) is 1.68. The van der Waals surface area contributed by atoms with Crippen LogP contribution in [-0.2, 0) is 27.7 Å². The number of rotatable bonds is 9. The lowest BCUT2D eigenvalue weighted by molar-refractivity contribution is -0.117. The first-order valence-electron chi connectivity index (χ1n) is 13.7. The molecule has 2 N–H and O–H groups in total. The fourth-order valence-corrected chi connectivity index (χ4v) is 6.88. The van der Waals surface area contributed by atoms with Gasteiger partial charge in [0.15, 0.2) is 0 Å². The molecule has 40 heavy (non-hydrogen) atoms. The number of carbonyl (C=O) groups is 2. The summed E-state index contributed by atoms with van der Waals surface area (Å²) in [5, 5.41) is 3.07. The van der Waals surface area contributed by atoms with Crippen molar-refractivity contribution in [3.63, 3.8) is 0 Å². The van der Waals surface area contributed by atoms with Crippen LogP contribution in [0.15, 0.2) is 71.6 Å². The van der Waals surface area contributed by atoms with Crippen molar-refractivity contribution in [2.24, 2.45) is 5.92 Å². The maximum absolute atomic E-state index is 12.9. The molecule has 2 amide bonds. The van der Waals surface area contributed by atoms with Gasteiger partial charge in [-0.05, 0) is 90.3 Å². The minimum Gasteiger partial charge on any atom is -0.496 e. The second-order valence-electron chi connectivity index (χ2n) is 10.6. The van der Waals surface area contributed by atoms with Crippen molar-refractivity contribution in [1.29, 1.82) is 0 Å². The Kier molecular flexibility index (Phi) is 8.07. The van der Waals surface area contributed by atoms with E-state index in [-0.39, 0.29) is 16.4 Å². The molecule has 7 nitrogen and oxygen atoms in total. The Morgan fingerprint density at radius 1 is 1.00 bits per heavy atom. The van der Waals surface area contributed by atoms with Crippen molar-refractivity contribution in [2.45, 2.75) is 56.8 Å². The SMILES string of the molecule is COc1cc(C(=O)NS(=O)(=O)c2ccccc2C)ccc1CC1=CCc2ccc(NC(=O)CC3CCCC3)cc21. The van der Waals surface area contributed by atoms with Crippen LogP contribution in [0, 0.1) is 12.8 Å². The second kappa shape index (κ2) is 11.7. The summed E-state index contributed by atoms with van der Waals surface area (Å²) < 4.78 is 33.3. The molecule has 0 saturated heterocycles. The van der Waals surface area contributed by atoms with Gasteiger partial charge in [0.05, 0.1) is 12.0 Å². The van der Waals surface area contributed by atoms with E-state index >= 15 is 0 Å².